The van der Waals surface area contributed by atoms with Crippen LogP contribution in [-0.4, -0.2) is 40.3 Å². The summed E-state index contributed by atoms with van der Waals surface area (Å²) in [6, 6.07) is 6.15. The van der Waals surface area contributed by atoms with Crippen LogP contribution in [0, 0.1) is 0 Å². The average molecular weight is 295 g/mol. The largest absolute Gasteiger partial charge is 0.504 e. The van der Waals surface area contributed by atoms with E-state index in [0.29, 0.717) is 19.6 Å². The van der Waals surface area contributed by atoms with Crippen LogP contribution in [0.25, 0.3) is 0 Å². The lowest BCUT2D eigenvalue weighted by molar-refractivity contribution is -0.127. The maximum atomic E-state index is 11.4. The van der Waals surface area contributed by atoms with Gasteiger partial charge in [0.25, 0.3) is 0 Å². The van der Waals surface area contributed by atoms with Gasteiger partial charge < -0.3 is 14.9 Å². The number of ether oxygens (including phenoxy) is 1. The van der Waals surface area contributed by atoms with Crippen LogP contribution < -0.4 is 0 Å². The smallest absolute Gasteiger partial charge is 0.416 e. The van der Waals surface area contributed by atoms with Crippen molar-refractivity contribution in [1.82, 2.24) is 4.90 Å². The molecule has 2 N–H and O–H groups in total. The Kier molecular flexibility index (Phi) is 7.08. The molecule has 1 aliphatic rings. The number of rotatable bonds is 4. The van der Waals surface area contributed by atoms with Crippen molar-refractivity contribution in [3.05, 3.63) is 24.3 Å². The van der Waals surface area contributed by atoms with Gasteiger partial charge in [-0.25, -0.2) is 9.69 Å². The van der Waals surface area contributed by atoms with Gasteiger partial charge in [0.1, 0.15) is 6.61 Å². The van der Waals surface area contributed by atoms with Gasteiger partial charge in [-0.3, -0.25) is 4.79 Å². The predicted molar refractivity (Wildman–Crippen MR) is 77.0 cm³/mol. The molecule has 116 valence electrons. The van der Waals surface area contributed by atoms with Gasteiger partial charge in [0.05, 0.1) is 6.54 Å². The van der Waals surface area contributed by atoms with E-state index in [-0.39, 0.29) is 17.4 Å². The Morgan fingerprint density at radius 3 is 2.29 bits per heavy atom. The molecule has 2 rings (SSSR count). The number of imide groups is 1. The van der Waals surface area contributed by atoms with E-state index < -0.39 is 6.09 Å². The first kappa shape index (κ1) is 16.8. The summed E-state index contributed by atoms with van der Waals surface area (Å²) in [5.41, 5.74) is 0. The fourth-order valence-corrected chi connectivity index (χ4v) is 1.75. The van der Waals surface area contributed by atoms with Crippen molar-refractivity contribution in [1.29, 1.82) is 0 Å². The van der Waals surface area contributed by atoms with E-state index in [4.69, 9.17) is 10.2 Å². The van der Waals surface area contributed by atoms with E-state index in [2.05, 4.69) is 11.7 Å². The van der Waals surface area contributed by atoms with E-state index in [1.165, 1.54) is 17.0 Å². The molecule has 6 nitrogen and oxygen atoms in total. The van der Waals surface area contributed by atoms with Gasteiger partial charge in [-0.05, 0) is 18.6 Å². The van der Waals surface area contributed by atoms with Crippen molar-refractivity contribution in [2.24, 2.45) is 0 Å². The molecule has 21 heavy (non-hydrogen) atoms. The van der Waals surface area contributed by atoms with E-state index in [1.54, 1.807) is 12.1 Å². The SMILES string of the molecule is CCCCCC(=O)N1CCOC1=O.Oc1ccccc1O. The summed E-state index contributed by atoms with van der Waals surface area (Å²) in [7, 11) is 0. The third kappa shape index (κ3) is 5.72. The summed E-state index contributed by atoms with van der Waals surface area (Å²) >= 11 is 0. The van der Waals surface area contributed by atoms with Crippen LogP contribution in [0.15, 0.2) is 24.3 Å². The highest BCUT2D eigenvalue weighted by molar-refractivity contribution is 5.92. The Morgan fingerprint density at radius 2 is 1.86 bits per heavy atom. The van der Waals surface area contributed by atoms with Crippen LogP contribution >= 0.6 is 0 Å². The van der Waals surface area contributed by atoms with Crippen molar-refractivity contribution < 1.29 is 24.5 Å². The molecule has 1 aliphatic heterocycles. The molecule has 0 spiro atoms. The molecule has 1 heterocycles. The van der Waals surface area contributed by atoms with Crippen molar-refractivity contribution in [2.45, 2.75) is 32.6 Å². The first-order chi connectivity index (χ1) is 10.1. The number of phenolic OH excluding ortho intramolecular Hbond substituents is 2. The topological polar surface area (TPSA) is 87.1 Å². The molecule has 0 radical (unpaired) electrons. The number of nitrogens with zero attached hydrogens (tertiary/aromatic N) is 1. The summed E-state index contributed by atoms with van der Waals surface area (Å²) in [6.07, 6.45) is 2.95. The van der Waals surface area contributed by atoms with Crippen molar-refractivity contribution in [2.75, 3.05) is 13.2 Å². The van der Waals surface area contributed by atoms with Gasteiger partial charge in [-0.1, -0.05) is 31.9 Å². The van der Waals surface area contributed by atoms with E-state index in [9.17, 15) is 9.59 Å². The number of para-hydroxylation sites is 2. The third-order valence-electron chi connectivity index (χ3n) is 2.94. The Labute approximate surface area is 124 Å². The number of carbonyl (C=O) groups excluding carboxylic acids is 2. The number of aromatic hydroxyl groups is 2. The second kappa shape index (κ2) is 8.84. The fourth-order valence-electron chi connectivity index (χ4n) is 1.75. The first-order valence-electron chi connectivity index (χ1n) is 7.00. The molecule has 1 saturated heterocycles. The zero-order valence-electron chi connectivity index (χ0n) is 12.1. The lowest BCUT2D eigenvalue weighted by Gasteiger charge is -2.09. The van der Waals surface area contributed by atoms with Crippen LogP contribution in [0.2, 0.25) is 0 Å². The van der Waals surface area contributed by atoms with E-state index in [1.807, 2.05) is 0 Å². The van der Waals surface area contributed by atoms with Gasteiger partial charge in [0, 0.05) is 6.42 Å². The minimum absolute atomic E-state index is 0.0764. The predicted octanol–water partition coefficient (Wildman–Crippen LogP) is 2.64. The lowest BCUT2D eigenvalue weighted by atomic mass is 10.2. The van der Waals surface area contributed by atoms with Crippen molar-refractivity contribution in [3.8, 4) is 11.5 Å². The molecule has 1 fully saturated rings. The molecule has 1 aromatic rings. The van der Waals surface area contributed by atoms with Crippen LogP contribution in [0.5, 0.6) is 11.5 Å². The normalized spacial score (nSPS) is 13.4. The number of carbonyl (C=O) groups is 2. The highest BCUT2D eigenvalue weighted by Gasteiger charge is 2.27. The van der Waals surface area contributed by atoms with E-state index >= 15 is 0 Å². The molecular weight excluding hydrogens is 274 g/mol. The second-order valence-corrected chi connectivity index (χ2v) is 4.61. The average Bonchev–Trinajstić information content (AvgIpc) is 2.89. The Morgan fingerprint density at radius 1 is 1.24 bits per heavy atom. The highest BCUT2D eigenvalue weighted by Crippen LogP contribution is 2.21. The summed E-state index contributed by atoms with van der Waals surface area (Å²) in [4.78, 5) is 23.5. The third-order valence-corrected chi connectivity index (χ3v) is 2.94. The molecule has 1 aromatic carbocycles. The fraction of sp³-hybridized carbons (Fsp3) is 0.467. The summed E-state index contributed by atoms with van der Waals surface area (Å²) in [5.74, 6) is -0.254. The molecule has 0 unspecified atom stereocenters. The minimum atomic E-state index is -0.485. The number of hydrogen-bond donors (Lipinski definition) is 2. The maximum absolute atomic E-state index is 11.4. The molecule has 0 bridgehead atoms. The van der Waals surface area contributed by atoms with Crippen molar-refractivity contribution in [3.63, 3.8) is 0 Å². The van der Waals surface area contributed by atoms with Gasteiger partial charge >= 0.3 is 6.09 Å². The minimum Gasteiger partial charge on any atom is -0.504 e. The molecule has 6 heteroatoms. The van der Waals surface area contributed by atoms with Crippen LogP contribution in [0.3, 0.4) is 0 Å². The summed E-state index contributed by atoms with van der Waals surface area (Å²) in [6.45, 7) is 2.84. The number of amides is 2. The van der Waals surface area contributed by atoms with Gasteiger partial charge in [0.15, 0.2) is 11.5 Å². The zero-order valence-corrected chi connectivity index (χ0v) is 12.1. The molecule has 0 aliphatic carbocycles. The molecule has 2 amide bonds. The molecular formula is C15H21NO5. The van der Waals surface area contributed by atoms with Gasteiger partial charge in [-0.15, -0.1) is 0 Å². The van der Waals surface area contributed by atoms with E-state index in [0.717, 1.165) is 19.3 Å². The maximum Gasteiger partial charge on any atom is 0.416 e. The van der Waals surface area contributed by atoms with Crippen molar-refractivity contribution >= 4 is 12.0 Å². The summed E-state index contributed by atoms with van der Waals surface area (Å²) < 4.78 is 4.66. The lowest BCUT2D eigenvalue weighted by Crippen LogP contribution is -2.31. The Hall–Kier alpha value is -2.24. The first-order valence-corrected chi connectivity index (χ1v) is 7.00. The Bertz CT molecular complexity index is 454. The number of unbranched alkanes of at least 4 members (excludes halogenated alkanes) is 2. The Balaban J connectivity index is 0.000000235. The van der Waals surface area contributed by atoms with Crippen LogP contribution in [-0.2, 0) is 9.53 Å². The molecule has 0 aromatic heterocycles. The summed E-state index contributed by atoms with van der Waals surface area (Å²) in [5, 5.41) is 17.3. The standard InChI is InChI=1S/C9H15NO3.C6H6O2/c1-2-3-4-5-8(11)10-6-7-13-9(10)12;7-5-3-1-2-4-6(5)8/h2-7H2,1H3;1-4,7-8H. The highest BCUT2D eigenvalue weighted by atomic mass is 16.6. The van der Waals surface area contributed by atoms with Gasteiger partial charge in [-0.2, -0.15) is 0 Å². The number of hydrogen-bond acceptors (Lipinski definition) is 5. The molecule has 0 atom stereocenters. The number of cyclic esters (lactones) is 1. The second-order valence-electron chi connectivity index (χ2n) is 4.61. The van der Waals surface area contributed by atoms with Crippen LogP contribution in [0.4, 0.5) is 4.79 Å². The quantitative estimate of drug-likeness (QED) is 0.658. The monoisotopic (exact) mass is 295 g/mol. The number of benzene rings is 1. The van der Waals surface area contributed by atoms with Gasteiger partial charge in [0.2, 0.25) is 5.91 Å². The van der Waals surface area contributed by atoms with Crippen LogP contribution in [0.1, 0.15) is 32.6 Å². The zero-order chi connectivity index (χ0) is 15.7. The molecule has 0 saturated carbocycles. The number of phenols is 2.